The molecular weight excluding hydrogens is 232 g/mol. The van der Waals surface area contributed by atoms with Crippen molar-refractivity contribution >= 4 is 17.6 Å². The van der Waals surface area contributed by atoms with Crippen molar-refractivity contribution in [3.8, 4) is 0 Å². The summed E-state index contributed by atoms with van der Waals surface area (Å²) in [5.41, 5.74) is -0.289. The van der Waals surface area contributed by atoms with Gasteiger partial charge in [-0.15, -0.1) is 0 Å². The molecule has 0 fully saturated rings. The first-order valence-corrected chi connectivity index (χ1v) is 4.80. The minimum absolute atomic E-state index is 0.289. The second-order valence-electron chi connectivity index (χ2n) is 3.55. The number of halogens is 2. The Labute approximate surface area is 96.5 Å². The maximum atomic E-state index is 13.3. The minimum Gasteiger partial charge on any atom is -0.481 e. The summed E-state index contributed by atoms with van der Waals surface area (Å²) in [6, 6.07) is 2.62. The molecular formula is C11H11F2NO3. The van der Waals surface area contributed by atoms with Gasteiger partial charge in [-0.2, -0.15) is 0 Å². The number of amides is 1. The van der Waals surface area contributed by atoms with Crippen LogP contribution in [0.3, 0.4) is 0 Å². The van der Waals surface area contributed by atoms with E-state index in [1.807, 2.05) is 0 Å². The van der Waals surface area contributed by atoms with Gasteiger partial charge in [-0.05, 0) is 19.1 Å². The Morgan fingerprint density at radius 2 is 1.94 bits per heavy atom. The summed E-state index contributed by atoms with van der Waals surface area (Å²) in [7, 11) is 1.19. The maximum Gasteiger partial charge on any atom is 0.315 e. The van der Waals surface area contributed by atoms with Crippen molar-refractivity contribution in [2.75, 3.05) is 11.9 Å². The molecule has 17 heavy (non-hydrogen) atoms. The molecule has 0 saturated heterocycles. The Balaban J connectivity index is 3.04. The Morgan fingerprint density at radius 1 is 1.35 bits per heavy atom. The van der Waals surface area contributed by atoms with Crippen molar-refractivity contribution in [3.05, 3.63) is 29.8 Å². The van der Waals surface area contributed by atoms with Gasteiger partial charge in [-0.1, -0.05) is 0 Å². The molecule has 0 spiro atoms. The van der Waals surface area contributed by atoms with Crippen molar-refractivity contribution in [2.45, 2.75) is 6.92 Å². The van der Waals surface area contributed by atoms with Gasteiger partial charge in [0.15, 0.2) is 0 Å². The fourth-order valence-corrected chi connectivity index (χ4v) is 1.26. The molecule has 92 valence electrons. The number of carboxylic acids is 1. The van der Waals surface area contributed by atoms with Crippen LogP contribution in [0.1, 0.15) is 6.92 Å². The van der Waals surface area contributed by atoms with E-state index in [0.29, 0.717) is 0 Å². The van der Waals surface area contributed by atoms with Crippen LogP contribution in [0, 0.1) is 17.6 Å². The highest BCUT2D eigenvalue weighted by Gasteiger charge is 2.26. The number of aliphatic carboxylic acids is 1. The van der Waals surface area contributed by atoms with Gasteiger partial charge in [0.2, 0.25) is 5.91 Å². The Hall–Kier alpha value is -1.98. The molecule has 1 aromatic rings. The lowest BCUT2D eigenvalue weighted by Gasteiger charge is -2.20. The van der Waals surface area contributed by atoms with Crippen LogP contribution in [0.25, 0.3) is 0 Å². The molecule has 4 nitrogen and oxygen atoms in total. The molecule has 1 rings (SSSR count). The number of anilines is 1. The Kier molecular flexibility index (Phi) is 3.77. The summed E-state index contributed by atoms with van der Waals surface area (Å²) in [6.45, 7) is 1.18. The van der Waals surface area contributed by atoms with E-state index >= 15 is 0 Å². The predicted molar refractivity (Wildman–Crippen MR) is 56.6 cm³/mol. The first kappa shape index (κ1) is 13.1. The molecule has 1 N–H and O–H groups in total. The van der Waals surface area contributed by atoms with Crippen molar-refractivity contribution < 1.29 is 23.5 Å². The maximum absolute atomic E-state index is 13.3. The molecule has 0 bridgehead atoms. The number of benzene rings is 1. The number of hydrogen-bond acceptors (Lipinski definition) is 2. The number of carbonyl (C=O) groups excluding carboxylic acids is 1. The SMILES string of the molecule is CC(C(=O)O)C(=O)N(C)c1cc(F)ccc1F. The third-order valence-electron chi connectivity index (χ3n) is 2.34. The van der Waals surface area contributed by atoms with Crippen LogP contribution in [-0.4, -0.2) is 24.0 Å². The number of hydrogen-bond donors (Lipinski definition) is 1. The highest BCUT2D eigenvalue weighted by Crippen LogP contribution is 2.20. The molecule has 0 aliphatic heterocycles. The van der Waals surface area contributed by atoms with E-state index in [1.54, 1.807) is 0 Å². The van der Waals surface area contributed by atoms with Gasteiger partial charge in [0.25, 0.3) is 0 Å². The average Bonchev–Trinajstić information content (AvgIpc) is 2.29. The zero-order valence-electron chi connectivity index (χ0n) is 9.28. The van der Waals surface area contributed by atoms with E-state index in [1.165, 1.54) is 14.0 Å². The van der Waals surface area contributed by atoms with Gasteiger partial charge in [0.1, 0.15) is 17.6 Å². The van der Waals surface area contributed by atoms with Crippen molar-refractivity contribution in [1.29, 1.82) is 0 Å². The molecule has 0 aliphatic carbocycles. The number of carboxylic acid groups (broad SMARTS) is 1. The van der Waals surface area contributed by atoms with Gasteiger partial charge in [-0.25, -0.2) is 8.78 Å². The van der Waals surface area contributed by atoms with E-state index in [4.69, 9.17) is 5.11 Å². The number of carbonyl (C=O) groups is 2. The summed E-state index contributed by atoms with van der Waals surface area (Å²) in [4.78, 5) is 23.0. The summed E-state index contributed by atoms with van der Waals surface area (Å²) in [5, 5.41) is 8.66. The van der Waals surface area contributed by atoms with E-state index in [2.05, 4.69) is 0 Å². The molecule has 0 radical (unpaired) electrons. The molecule has 1 amide bonds. The van der Waals surface area contributed by atoms with E-state index in [0.717, 1.165) is 23.1 Å². The second-order valence-corrected chi connectivity index (χ2v) is 3.55. The normalized spacial score (nSPS) is 12.0. The lowest BCUT2D eigenvalue weighted by atomic mass is 10.1. The van der Waals surface area contributed by atoms with Crippen LogP contribution in [-0.2, 0) is 9.59 Å². The Morgan fingerprint density at radius 3 is 2.47 bits per heavy atom. The summed E-state index contributed by atoms with van der Waals surface area (Å²) >= 11 is 0. The third-order valence-corrected chi connectivity index (χ3v) is 2.34. The van der Waals surface area contributed by atoms with Crippen molar-refractivity contribution in [3.63, 3.8) is 0 Å². The lowest BCUT2D eigenvalue weighted by Crippen LogP contribution is -2.35. The highest BCUT2D eigenvalue weighted by molar-refractivity contribution is 6.05. The Bertz CT molecular complexity index is 462. The number of nitrogens with zero attached hydrogens (tertiary/aromatic N) is 1. The van der Waals surface area contributed by atoms with Gasteiger partial charge in [0.05, 0.1) is 5.69 Å². The second kappa shape index (κ2) is 4.90. The van der Waals surface area contributed by atoms with E-state index < -0.39 is 29.4 Å². The first-order chi connectivity index (χ1) is 7.84. The molecule has 1 atom stereocenters. The fourth-order valence-electron chi connectivity index (χ4n) is 1.26. The number of rotatable bonds is 3. The van der Waals surface area contributed by atoms with Crippen molar-refractivity contribution in [1.82, 2.24) is 0 Å². The summed E-state index contributed by atoms with van der Waals surface area (Å²) < 4.78 is 26.2. The minimum atomic E-state index is -1.32. The highest BCUT2D eigenvalue weighted by atomic mass is 19.1. The molecule has 0 heterocycles. The summed E-state index contributed by atoms with van der Waals surface area (Å²) in [5.74, 6) is -4.95. The lowest BCUT2D eigenvalue weighted by molar-refractivity contribution is -0.145. The van der Waals surface area contributed by atoms with Crippen LogP contribution >= 0.6 is 0 Å². The smallest absolute Gasteiger partial charge is 0.315 e. The zero-order valence-corrected chi connectivity index (χ0v) is 9.28. The standard InChI is InChI=1S/C11H11F2NO3/c1-6(11(16)17)10(15)14(2)9-5-7(12)3-4-8(9)13/h3-6H,1-2H3,(H,16,17). The summed E-state index contributed by atoms with van der Waals surface area (Å²) in [6.07, 6.45) is 0. The van der Waals surface area contributed by atoms with Crippen LogP contribution in [0.4, 0.5) is 14.5 Å². The van der Waals surface area contributed by atoms with Crippen LogP contribution < -0.4 is 4.90 Å². The fraction of sp³-hybridized carbons (Fsp3) is 0.273. The van der Waals surface area contributed by atoms with Gasteiger partial charge >= 0.3 is 5.97 Å². The van der Waals surface area contributed by atoms with Crippen LogP contribution in [0.15, 0.2) is 18.2 Å². The van der Waals surface area contributed by atoms with Gasteiger partial charge in [-0.3, -0.25) is 9.59 Å². The molecule has 1 aromatic carbocycles. The van der Waals surface area contributed by atoms with Gasteiger partial charge < -0.3 is 10.0 Å². The topological polar surface area (TPSA) is 57.6 Å². The molecule has 0 saturated carbocycles. The average molecular weight is 243 g/mol. The molecule has 1 unspecified atom stereocenters. The molecule has 6 heteroatoms. The third kappa shape index (κ3) is 2.77. The predicted octanol–water partition coefficient (Wildman–Crippen LogP) is 1.65. The monoisotopic (exact) mass is 243 g/mol. The van der Waals surface area contributed by atoms with Crippen LogP contribution in [0.5, 0.6) is 0 Å². The van der Waals surface area contributed by atoms with E-state index in [-0.39, 0.29) is 5.69 Å². The first-order valence-electron chi connectivity index (χ1n) is 4.80. The van der Waals surface area contributed by atoms with Crippen LogP contribution in [0.2, 0.25) is 0 Å². The zero-order chi connectivity index (χ0) is 13.2. The largest absolute Gasteiger partial charge is 0.481 e. The molecule has 0 aromatic heterocycles. The van der Waals surface area contributed by atoms with Crippen molar-refractivity contribution in [2.24, 2.45) is 5.92 Å². The van der Waals surface area contributed by atoms with Gasteiger partial charge in [0, 0.05) is 13.1 Å². The van der Waals surface area contributed by atoms with E-state index in [9.17, 15) is 18.4 Å². The molecule has 0 aliphatic rings. The quantitative estimate of drug-likeness (QED) is 0.821.